The lowest BCUT2D eigenvalue weighted by atomic mass is 9.82. The van der Waals surface area contributed by atoms with Gasteiger partial charge in [-0.3, -0.25) is 4.79 Å². The van der Waals surface area contributed by atoms with E-state index in [-0.39, 0.29) is 18.9 Å². The Morgan fingerprint density at radius 1 is 0.896 bits per heavy atom. The van der Waals surface area contributed by atoms with E-state index in [0.29, 0.717) is 0 Å². The highest BCUT2D eigenvalue weighted by molar-refractivity contribution is 5.82. The van der Waals surface area contributed by atoms with Gasteiger partial charge in [-0.1, -0.05) is 55.5 Å². The summed E-state index contributed by atoms with van der Waals surface area (Å²) in [6.45, 7) is 3.31. The summed E-state index contributed by atoms with van der Waals surface area (Å²) in [5.41, 5.74) is 5.87. The number of rotatable bonds is 3. The van der Waals surface area contributed by atoms with E-state index in [9.17, 15) is 50.4 Å². The second-order valence-corrected chi connectivity index (χ2v) is 12.5. The number of hydrogen-bond donors (Lipinski definition) is 9. The molecule has 3 heterocycles. The summed E-state index contributed by atoms with van der Waals surface area (Å²) in [4.78, 5) is 24.5. The van der Waals surface area contributed by atoms with Crippen molar-refractivity contribution in [2.45, 2.75) is 113 Å². The van der Waals surface area contributed by atoms with E-state index in [2.05, 4.69) is 0 Å². The molecule has 15 heteroatoms. The summed E-state index contributed by atoms with van der Waals surface area (Å²) in [7, 11) is 0. The smallest absolute Gasteiger partial charge is 0.330 e. The number of allylic oxidation sites excluding steroid dienone is 6. The van der Waals surface area contributed by atoms with Gasteiger partial charge in [0.1, 0.15) is 18.1 Å². The minimum absolute atomic E-state index is 0.169. The van der Waals surface area contributed by atoms with Gasteiger partial charge in [-0.2, -0.15) is 0 Å². The molecule has 15 nitrogen and oxygen atoms in total. The Bertz CT molecular complexity index is 1200. The third kappa shape index (κ3) is 11.7. The van der Waals surface area contributed by atoms with Crippen LogP contribution in [0.3, 0.4) is 0 Å². The zero-order valence-electron chi connectivity index (χ0n) is 26.9. The van der Waals surface area contributed by atoms with Crippen LogP contribution in [-0.2, 0) is 28.5 Å². The molecule has 0 aromatic rings. The third-order valence-corrected chi connectivity index (χ3v) is 8.55. The van der Waals surface area contributed by atoms with Gasteiger partial charge in [0.05, 0.1) is 55.4 Å². The standard InChI is InChI=1S/C33H49NO14/c1-18-9-7-5-3-4-6-8-10-21(47-32-30(41)29(34)25(39)17-45-32)14-26-28(31(42)43)24(38)16-33(44,48-26)15-20(35)13-23(37)22(36)11-12-27(40)46-19(18)2/h3-12,18-26,28-30,32,35-39,41,44H,13-17,34H2,1-2H3,(H,42,43)/b5-3+,6-4+,9-7+,10-8+,12-11+/t18-,19+,20?,21-,22?,23+,24-,25+,26-,28+,29-,30-,32?,33?/m0/s1. The summed E-state index contributed by atoms with van der Waals surface area (Å²) < 4.78 is 22.5. The molecular formula is C33H49NO14. The van der Waals surface area contributed by atoms with Crippen molar-refractivity contribution in [3.8, 4) is 0 Å². The Labute approximate surface area is 278 Å². The molecule has 2 bridgehead atoms. The molecular weight excluding hydrogens is 634 g/mol. The van der Waals surface area contributed by atoms with E-state index in [1.807, 2.05) is 13.0 Å². The summed E-state index contributed by atoms with van der Waals surface area (Å²) in [6, 6.07) is -1.09. The first kappa shape index (κ1) is 39.6. The van der Waals surface area contributed by atoms with Crippen molar-refractivity contribution in [3.63, 3.8) is 0 Å². The van der Waals surface area contributed by atoms with Crippen molar-refractivity contribution < 1.29 is 69.4 Å². The van der Waals surface area contributed by atoms with Gasteiger partial charge in [0.25, 0.3) is 0 Å². The second kappa shape index (κ2) is 18.3. The average molecular weight is 684 g/mol. The fourth-order valence-corrected chi connectivity index (χ4v) is 5.61. The van der Waals surface area contributed by atoms with E-state index in [1.54, 1.807) is 43.4 Å². The molecule has 48 heavy (non-hydrogen) atoms. The fourth-order valence-electron chi connectivity index (χ4n) is 5.61. The van der Waals surface area contributed by atoms with Gasteiger partial charge in [0.15, 0.2) is 12.1 Å². The summed E-state index contributed by atoms with van der Waals surface area (Å²) in [5.74, 6) is -6.14. The number of hydrogen-bond acceptors (Lipinski definition) is 14. The van der Waals surface area contributed by atoms with Crippen LogP contribution in [0.5, 0.6) is 0 Å². The van der Waals surface area contributed by atoms with Crippen LogP contribution in [0, 0.1) is 11.8 Å². The molecule has 0 amide bonds. The van der Waals surface area contributed by atoms with E-state index in [4.69, 9.17) is 24.7 Å². The van der Waals surface area contributed by atoms with Crippen molar-refractivity contribution in [2.75, 3.05) is 6.61 Å². The van der Waals surface area contributed by atoms with Gasteiger partial charge in [-0.05, 0) is 13.0 Å². The van der Waals surface area contributed by atoms with Crippen molar-refractivity contribution >= 4 is 11.9 Å². The SMILES string of the molecule is C[C@H]1/C=C/C=C/C=C/C=C/[C@H](OC2OC[C@@H](O)[C@H](N)[C@@H]2O)C[C@@H]2OC(O)(CC(O)C[C@@H](O)C(O)/C=C/C(=O)O[C@@H]1C)C[C@H](O)[C@H]2C(=O)O. The largest absolute Gasteiger partial charge is 0.481 e. The fraction of sp³-hybridized carbons (Fsp3) is 0.636. The molecule has 3 rings (SSSR count). The molecule has 3 aliphatic heterocycles. The average Bonchev–Trinajstić information content (AvgIpc) is 2.99. The van der Waals surface area contributed by atoms with E-state index < -0.39 is 110 Å². The first-order valence-electron chi connectivity index (χ1n) is 15.9. The molecule has 14 atom stereocenters. The molecule has 0 aromatic carbocycles. The second-order valence-electron chi connectivity index (χ2n) is 12.5. The number of fused-ring (bicyclic) bond motifs is 2. The zero-order chi connectivity index (χ0) is 35.6. The van der Waals surface area contributed by atoms with Crippen molar-refractivity contribution in [2.24, 2.45) is 17.6 Å². The van der Waals surface area contributed by atoms with Crippen LogP contribution in [0.15, 0.2) is 60.8 Å². The molecule has 0 radical (unpaired) electrons. The predicted octanol–water partition coefficient (Wildman–Crippen LogP) is -1.07. The van der Waals surface area contributed by atoms with Crippen LogP contribution in [0.2, 0.25) is 0 Å². The monoisotopic (exact) mass is 683 g/mol. The highest BCUT2D eigenvalue weighted by Crippen LogP contribution is 2.38. The van der Waals surface area contributed by atoms with E-state index in [0.717, 1.165) is 12.2 Å². The molecule has 2 fully saturated rings. The van der Waals surface area contributed by atoms with E-state index in [1.165, 1.54) is 6.08 Å². The maximum Gasteiger partial charge on any atom is 0.330 e. The van der Waals surface area contributed by atoms with E-state index >= 15 is 0 Å². The summed E-state index contributed by atoms with van der Waals surface area (Å²) >= 11 is 0. The topological polar surface area (TPSA) is 259 Å². The van der Waals surface area contributed by atoms with Gasteiger partial charge in [-0.25, -0.2) is 4.79 Å². The summed E-state index contributed by atoms with van der Waals surface area (Å²) in [5, 5.41) is 84.1. The van der Waals surface area contributed by atoms with Crippen LogP contribution in [0.4, 0.5) is 0 Å². The number of carboxylic acids is 1. The first-order valence-corrected chi connectivity index (χ1v) is 15.9. The van der Waals surface area contributed by atoms with Gasteiger partial charge in [-0.15, -0.1) is 0 Å². The van der Waals surface area contributed by atoms with Crippen LogP contribution >= 0.6 is 0 Å². The Morgan fingerprint density at radius 2 is 1.54 bits per heavy atom. The highest BCUT2D eigenvalue weighted by Gasteiger charge is 2.50. The van der Waals surface area contributed by atoms with Crippen molar-refractivity contribution in [1.82, 2.24) is 0 Å². The number of carbonyl (C=O) groups is 2. The Morgan fingerprint density at radius 3 is 2.21 bits per heavy atom. The normalized spacial score (nSPS) is 45.9. The number of aliphatic carboxylic acids is 1. The van der Waals surface area contributed by atoms with Gasteiger partial charge in [0.2, 0.25) is 0 Å². The molecule has 0 aliphatic carbocycles. The number of aliphatic hydroxyl groups excluding tert-OH is 6. The summed E-state index contributed by atoms with van der Waals surface area (Å²) in [6.07, 6.45) is 0.335. The molecule has 10 N–H and O–H groups in total. The predicted molar refractivity (Wildman–Crippen MR) is 168 cm³/mol. The highest BCUT2D eigenvalue weighted by atomic mass is 16.7. The van der Waals surface area contributed by atoms with Crippen LogP contribution in [-0.4, -0.2) is 132 Å². The molecule has 3 aliphatic rings. The van der Waals surface area contributed by atoms with Gasteiger partial charge in [0, 0.05) is 37.7 Å². The molecule has 0 saturated carbocycles. The van der Waals surface area contributed by atoms with Gasteiger partial charge < -0.3 is 65.5 Å². The Balaban J connectivity index is 1.92. The lowest BCUT2D eigenvalue weighted by Gasteiger charge is -2.45. The third-order valence-electron chi connectivity index (χ3n) is 8.55. The van der Waals surface area contributed by atoms with Crippen molar-refractivity contribution in [1.29, 1.82) is 0 Å². The number of aliphatic hydroxyl groups is 7. The zero-order valence-corrected chi connectivity index (χ0v) is 26.9. The van der Waals surface area contributed by atoms with Gasteiger partial charge >= 0.3 is 11.9 Å². The van der Waals surface area contributed by atoms with Crippen LogP contribution < -0.4 is 5.73 Å². The Kier molecular flexibility index (Phi) is 15.1. The maximum absolute atomic E-state index is 12.2. The lowest BCUT2D eigenvalue weighted by molar-refractivity contribution is -0.305. The quantitative estimate of drug-likeness (QED) is 0.161. The lowest BCUT2D eigenvalue weighted by Crippen LogP contribution is -2.59. The molecule has 270 valence electrons. The minimum Gasteiger partial charge on any atom is -0.481 e. The number of cyclic esters (lactones) is 1. The number of carboxylic acid groups (broad SMARTS) is 1. The maximum atomic E-state index is 12.2. The first-order chi connectivity index (χ1) is 22.6. The number of carbonyl (C=O) groups excluding carboxylic acids is 1. The van der Waals surface area contributed by atoms with Crippen LogP contribution in [0.25, 0.3) is 0 Å². The Hall–Kier alpha value is -2.80. The minimum atomic E-state index is -2.26. The molecule has 0 aromatic heterocycles. The molecule has 2 saturated heterocycles. The number of nitrogens with two attached hydrogens (primary N) is 1. The molecule has 4 unspecified atom stereocenters. The number of ether oxygens (including phenoxy) is 4. The van der Waals surface area contributed by atoms with Crippen LogP contribution in [0.1, 0.15) is 39.5 Å². The molecule has 0 spiro atoms. The van der Waals surface area contributed by atoms with Crippen molar-refractivity contribution in [3.05, 3.63) is 60.8 Å². The number of esters is 1.